The molecule has 0 saturated carbocycles. The third-order valence-electron chi connectivity index (χ3n) is 4.13. The summed E-state index contributed by atoms with van der Waals surface area (Å²) in [4.78, 5) is 15.9. The van der Waals surface area contributed by atoms with Crippen molar-refractivity contribution in [2.24, 2.45) is 0 Å². The Morgan fingerprint density at radius 1 is 1.20 bits per heavy atom. The summed E-state index contributed by atoms with van der Waals surface area (Å²) in [6, 6.07) is 11.5. The van der Waals surface area contributed by atoms with E-state index in [0.717, 1.165) is 23.1 Å². The first-order chi connectivity index (χ1) is 11.8. The Bertz CT molecular complexity index is 1070. The number of aromatic amines is 1. The molecule has 25 heavy (non-hydrogen) atoms. The highest BCUT2D eigenvalue weighted by atomic mass is 79.9. The van der Waals surface area contributed by atoms with Crippen molar-refractivity contribution >= 4 is 42.8 Å². The normalized spacial score (nSPS) is 11.6. The number of amides is 1. The molecule has 0 aliphatic carbocycles. The highest BCUT2D eigenvalue weighted by Crippen LogP contribution is 2.25. The summed E-state index contributed by atoms with van der Waals surface area (Å²) in [5.41, 5.74) is 3.06. The van der Waals surface area contributed by atoms with Crippen LogP contribution in [0.5, 0.6) is 0 Å². The van der Waals surface area contributed by atoms with Crippen molar-refractivity contribution in [3.8, 4) is 0 Å². The van der Waals surface area contributed by atoms with Gasteiger partial charge in [0.25, 0.3) is 15.9 Å². The molecule has 130 valence electrons. The average Bonchev–Trinajstić information content (AvgIpc) is 2.91. The van der Waals surface area contributed by atoms with E-state index in [1.165, 1.54) is 12.1 Å². The number of halogens is 1. The summed E-state index contributed by atoms with van der Waals surface area (Å²) in [6.45, 7) is 4.01. The first kappa shape index (κ1) is 17.7. The summed E-state index contributed by atoms with van der Waals surface area (Å²) < 4.78 is 27.7. The second-order valence-electron chi connectivity index (χ2n) is 5.70. The van der Waals surface area contributed by atoms with Crippen molar-refractivity contribution in [2.75, 3.05) is 0 Å². The number of fused-ring (bicyclic) bond motifs is 1. The number of aryl methyl sites for hydroxylation is 2. The molecule has 0 spiro atoms. The van der Waals surface area contributed by atoms with E-state index in [-0.39, 0.29) is 4.90 Å². The van der Waals surface area contributed by atoms with Crippen LogP contribution in [0.3, 0.4) is 0 Å². The zero-order valence-electron chi connectivity index (χ0n) is 13.8. The molecule has 3 rings (SSSR count). The van der Waals surface area contributed by atoms with Crippen molar-refractivity contribution in [3.63, 3.8) is 0 Å². The zero-order chi connectivity index (χ0) is 18.2. The SMILES string of the molecule is CCc1[nH]c2c(C(=O)NS(=O)(=O)c3cccc(Br)c3)cccc2c1C. The van der Waals surface area contributed by atoms with Crippen LogP contribution in [0.25, 0.3) is 10.9 Å². The van der Waals surface area contributed by atoms with Crippen molar-refractivity contribution in [2.45, 2.75) is 25.2 Å². The predicted octanol–water partition coefficient (Wildman–Crippen LogP) is 3.92. The molecule has 1 amide bonds. The number of aromatic nitrogens is 1. The smallest absolute Gasteiger partial charge is 0.267 e. The first-order valence-electron chi connectivity index (χ1n) is 7.76. The molecule has 5 nitrogen and oxygen atoms in total. The molecular formula is C18H17BrN2O3S. The summed E-state index contributed by atoms with van der Waals surface area (Å²) in [7, 11) is -3.95. The maximum atomic E-state index is 12.6. The average molecular weight is 421 g/mol. The number of rotatable bonds is 4. The molecule has 1 heterocycles. The van der Waals surface area contributed by atoms with E-state index in [4.69, 9.17) is 0 Å². The van der Waals surface area contributed by atoms with E-state index >= 15 is 0 Å². The van der Waals surface area contributed by atoms with Gasteiger partial charge in [-0.15, -0.1) is 0 Å². The van der Waals surface area contributed by atoms with Gasteiger partial charge in [-0.1, -0.05) is 41.1 Å². The Morgan fingerprint density at radius 2 is 1.92 bits per heavy atom. The number of sulfonamides is 1. The minimum atomic E-state index is -3.95. The van der Waals surface area contributed by atoms with Gasteiger partial charge in [0.15, 0.2) is 0 Å². The fourth-order valence-corrected chi connectivity index (χ4v) is 4.38. The molecule has 2 aromatic carbocycles. The number of para-hydroxylation sites is 1. The van der Waals surface area contributed by atoms with Crippen LogP contribution < -0.4 is 4.72 Å². The molecule has 7 heteroatoms. The predicted molar refractivity (Wildman–Crippen MR) is 101 cm³/mol. The first-order valence-corrected chi connectivity index (χ1v) is 10.0. The van der Waals surface area contributed by atoms with Gasteiger partial charge in [-0.05, 0) is 43.2 Å². The van der Waals surface area contributed by atoms with Crippen molar-refractivity contribution in [3.05, 3.63) is 63.8 Å². The second-order valence-corrected chi connectivity index (χ2v) is 8.30. The summed E-state index contributed by atoms with van der Waals surface area (Å²) in [5, 5.41) is 0.921. The Balaban J connectivity index is 2.00. The van der Waals surface area contributed by atoms with E-state index in [1.54, 1.807) is 24.3 Å². The molecule has 0 bridgehead atoms. The quantitative estimate of drug-likeness (QED) is 0.670. The number of carbonyl (C=O) groups excluding carboxylic acids is 1. The fraction of sp³-hybridized carbons (Fsp3) is 0.167. The number of hydrogen-bond donors (Lipinski definition) is 2. The van der Waals surface area contributed by atoms with Crippen LogP contribution in [0, 0.1) is 6.92 Å². The molecule has 0 saturated heterocycles. The number of hydrogen-bond acceptors (Lipinski definition) is 3. The van der Waals surface area contributed by atoms with Gasteiger partial charge in [0.2, 0.25) is 0 Å². The van der Waals surface area contributed by atoms with Crippen LogP contribution in [0.15, 0.2) is 51.8 Å². The molecule has 3 aromatic rings. The van der Waals surface area contributed by atoms with Crippen LogP contribution in [-0.4, -0.2) is 19.3 Å². The van der Waals surface area contributed by atoms with E-state index in [2.05, 4.69) is 25.6 Å². The number of benzene rings is 2. The summed E-state index contributed by atoms with van der Waals surface area (Å²) in [6.07, 6.45) is 0.803. The lowest BCUT2D eigenvalue weighted by Crippen LogP contribution is -2.30. The maximum absolute atomic E-state index is 12.6. The maximum Gasteiger partial charge on any atom is 0.267 e. The lowest BCUT2D eigenvalue weighted by atomic mass is 10.1. The molecule has 0 aliphatic rings. The topological polar surface area (TPSA) is 79.0 Å². The van der Waals surface area contributed by atoms with Crippen LogP contribution >= 0.6 is 15.9 Å². The van der Waals surface area contributed by atoms with Gasteiger partial charge in [-0.2, -0.15) is 0 Å². The third kappa shape index (κ3) is 3.34. The van der Waals surface area contributed by atoms with Crippen molar-refractivity contribution in [1.82, 2.24) is 9.71 Å². The molecule has 1 aromatic heterocycles. The Morgan fingerprint density at radius 3 is 2.60 bits per heavy atom. The molecule has 0 radical (unpaired) electrons. The number of nitrogens with one attached hydrogen (secondary N) is 2. The van der Waals surface area contributed by atoms with Gasteiger partial charge in [0, 0.05) is 15.6 Å². The molecule has 0 aliphatic heterocycles. The highest BCUT2D eigenvalue weighted by molar-refractivity contribution is 9.10. The third-order valence-corrected chi connectivity index (χ3v) is 5.95. The molecule has 0 unspecified atom stereocenters. The number of H-pyrrole nitrogens is 1. The molecule has 2 N–H and O–H groups in total. The van der Waals surface area contributed by atoms with E-state index in [0.29, 0.717) is 15.6 Å². The van der Waals surface area contributed by atoms with Crippen LogP contribution in [0.2, 0.25) is 0 Å². The Kier molecular flexibility index (Phi) is 4.71. The van der Waals surface area contributed by atoms with Crippen LogP contribution in [-0.2, 0) is 16.4 Å². The minimum absolute atomic E-state index is 0.0271. The zero-order valence-corrected chi connectivity index (χ0v) is 16.2. The van der Waals surface area contributed by atoms with Gasteiger partial charge < -0.3 is 4.98 Å². The lowest BCUT2D eigenvalue weighted by molar-refractivity contribution is 0.0983. The monoisotopic (exact) mass is 420 g/mol. The van der Waals surface area contributed by atoms with E-state index < -0.39 is 15.9 Å². The lowest BCUT2D eigenvalue weighted by Gasteiger charge is -2.08. The van der Waals surface area contributed by atoms with Crippen molar-refractivity contribution in [1.29, 1.82) is 0 Å². The van der Waals surface area contributed by atoms with Gasteiger partial charge in [-0.25, -0.2) is 13.1 Å². The fourth-order valence-electron chi connectivity index (χ4n) is 2.82. The summed E-state index contributed by atoms with van der Waals surface area (Å²) >= 11 is 3.23. The van der Waals surface area contributed by atoms with Gasteiger partial charge in [0.1, 0.15) is 0 Å². The van der Waals surface area contributed by atoms with E-state index in [9.17, 15) is 13.2 Å². The largest absolute Gasteiger partial charge is 0.358 e. The molecule has 0 atom stereocenters. The highest BCUT2D eigenvalue weighted by Gasteiger charge is 2.21. The molecular weight excluding hydrogens is 404 g/mol. The van der Waals surface area contributed by atoms with Gasteiger partial charge in [0.05, 0.1) is 16.0 Å². The Hall–Kier alpha value is -2.12. The minimum Gasteiger partial charge on any atom is -0.358 e. The summed E-state index contributed by atoms with van der Waals surface area (Å²) in [5.74, 6) is -0.658. The van der Waals surface area contributed by atoms with Gasteiger partial charge >= 0.3 is 0 Å². The van der Waals surface area contributed by atoms with Gasteiger partial charge in [-0.3, -0.25) is 4.79 Å². The second kappa shape index (κ2) is 6.65. The Labute approximate surface area is 154 Å². The van der Waals surface area contributed by atoms with Crippen LogP contribution in [0.1, 0.15) is 28.5 Å². The van der Waals surface area contributed by atoms with E-state index in [1.807, 2.05) is 19.9 Å². The number of carbonyl (C=O) groups is 1. The van der Waals surface area contributed by atoms with Crippen molar-refractivity contribution < 1.29 is 13.2 Å². The van der Waals surface area contributed by atoms with Crippen LogP contribution in [0.4, 0.5) is 0 Å². The standard InChI is InChI=1S/C18H17BrN2O3S/c1-3-16-11(2)14-8-5-9-15(17(14)20-16)18(22)21-25(23,24)13-7-4-6-12(19)10-13/h4-10,20H,3H2,1-2H3,(H,21,22). The molecule has 0 fully saturated rings.